The summed E-state index contributed by atoms with van der Waals surface area (Å²) in [5.41, 5.74) is 3.93. The van der Waals surface area contributed by atoms with Gasteiger partial charge in [0.05, 0.1) is 12.3 Å². The summed E-state index contributed by atoms with van der Waals surface area (Å²) in [6.45, 7) is 1.72. The van der Waals surface area contributed by atoms with Crippen LogP contribution in [0.2, 0.25) is 0 Å². The van der Waals surface area contributed by atoms with Crippen molar-refractivity contribution in [1.29, 1.82) is 0 Å². The van der Waals surface area contributed by atoms with E-state index in [0.29, 0.717) is 11.8 Å². The van der Waals surface area contributed by atoms with Gasteiger partial charge in [0.2, 0.25) is 5.91 Å². The van der Waals surface area contributed by atoms with E-state index < -0.39 is 0 Å². The van der Waals surface area contributed by atoms with Crippen LogP contribution in [0.5, 0.6) is 0 Å². The Hall–Kier alpha value is -2.20. The molecule has 1 aromatic heterocycles. The number of amides is 1. The molecule has 0 spiro atoms. The highest BCUT2D eigenvalue weighted by Gasteiger charge is 2.31. The van der Waals surface area contributed by atoms with E-state index in [-0.39, 0.29) is 12.5 Å². The van der Waals surface area contributed by atoms with E-state index in [2.05, 4.69) is 17.0 Å². The SMILES string of the molecule is O=C(C1CCCC1)N1CCC[C@H](c2cccc(-c3cccc(CO)c3)n2)C1. The molecule has 2 aromatic rings. The maximum Gasteiger partial charge on any atom is 0.225 e. The molecule has 2 aliphatic rings. The Morgan fingerprint density at radius 1 is 1.07 bits per heavy atom. The molecular weight excluding hydrogens is 336 g/mol. The summed E-state index contributed by atoms with van der Waals surface area (Å²) in [5, 5.41) is 9.38. The fraction of sp³-hybridized carbons (Fsp3) is 0.478. The van der Waals surface area contributed by atoms with Crippen molar-refractivity contribution in [2.45, 2.75) is 51.0 Å². The number of rotatable bonds is 4. The second-order valence-electron chi connectivity index (χ2n) is 7.91. The van der Waals surface area contributed by atoms with E-state index in [1.807, 2.05) is 30.3 Å². The molecule has 1 atom stereocenters. The Bertz CT molecular complexity index is 798. The Morgan fingerprint density at radius 2 is 1.89 bits per heavy atom. The molecule has 2 heterocycles. The van der Waals surface area contributed by atoms with E-state index in [4.69, 9.17) is 4.98 Å². The Labute approximate surface area is 161 Å². The van der Waals surface area contributed by atoms with E-state index in [9.17, 15) is 9.90 Å². The number of pyridine rings is 1. The summed E-state index contributed by atoms with van der Waals surface area (Å²) >= 11 is 0. The predicted octanol–water partition coefficient (Wildman–Crippen LogP) is 4.14. The zero-order valence-electron chi connectivity index (χ0n) is 15.8. The maximum absolute atomic E-state index is 12.8. The lowest BCUT2D eigenvalue weighted by atomic mass is 9.92. The van der Waals surface area contributed by atoms with Gasteiger partial charge in [-0.1, -0.05) is 37.1 Å². The van der Waals surface area contributed by atoms with Crippen LogP contribution in [0.15, 0.2) is 42.5 Å². The molecule has 4 heteroatoms. The zero-order chi connectivity index (χ0) is 18.6. The molecule has 4 rings (SSSR count). The molecule has 27 heavy (non-hydrogen) atoms. The van der Waals surface area contributed by atoms with Crippen LogP contribution in [-0.2, 0) is 11.4 Å². The third kappa shape index (κ3) is 4.06. The number of nitrogens with zero attached hydrogens (tertiary/aromatic N) is 2. The maximum atomic E-state index is 12.8. The van der Waals surface area contributed by atoms with Crippen molar-refractivity contribution in [2.75, 3.05) is 13.1 Å². The Balaban J connectivity index is 1.51. The highest BCUT2D eigenvalue weighted by Crippen LogP contribution is 2.32. The number of carbonyl (C=O) groups excluding carboxylic acids is 1. The average Bonchev–Trinajstić information content (AvgIpc) is 3.28. The highest BCUT2D eigenvalue weighted by atomic mass is 16.3. The van der Waals surface area contributed by atoms with E-state index in [1.165, 1.54) is 12.8 Å². The van der Waals surface area contributed by atoms with Crippen molar-refractivity contribution < 1.29 is 9.90 Å². The van der Waals surface area contributed by atoms with Crippen molar-refractivity contribution in [1.82, 2.24) is 9.88 Å². The number of aromatic nitrogens is 1. The van der Waals surface area contributed by atoms with Crippen LogP contribution < -0.4 is 0 Å². The third-order valence-corrected chi connectivity index (χ3v) is 6.03. The van der Waals surface area contributed by atoms with Crippen molar-refractivity contribution in [3.8, 4) is 11.3 Å². The molecule has 0 unspecified atom stereocenters. The van der Waals surface area contributed by atoms with Gasteiger partial charge in [-0.2, -0.15) is 0 Å². The second kappa shape index (κ2) is 8.22. The standard InChI is InChI=1S/C23H28N2O2/c26-16-17-6-3-9-19(14-17)21-11-4-12-22(24-21)20-10-5-13-25(15-20)23(27)18-7-1-2-8-18/h3-4,6,9,11-12,14,18,20,26H,1-2,5,7-8,10,13,15-16H2/t20-/m0/s1. The summed E-state index contributed by atoms with van der Waals surface area (Å²) in [4.78, 5) is 19.8. The molecule has 1 aromatic carbocycles. The third-order valence-electron chi connectivity index (χ3n) is 6.03. The lowest BCUT2D eigenvalue weighted by Gasteiger charge is -2.34. The Kier molecular flexibility index (Phi) is 5.53. The first-order valence-electron chi connectivity index (χ1n) is 10.2. The van der Waals surface area contributed by atoms with Gasteiger partial charge in [-0.15, -0.1) is 0 Å². The van der Waals surface area contributed by atoms with Crippen LogP contribution >= 0.6 is 0 Å². The topological polar surface area (TPSA) is 53.4 Å². The molecule has 1 aliphatic heterocycles. The molecule has 0 radical (unpaired) electrons. The lowest BCUT2D eigenvalue weighted by molar-refractivity contribution is -0.136. The first-order valence-corrected chi connectivity index (χ1v) is 10.2. The number of carbonyl (C=O) groups is 1. The number of hydrogen-bond acceptors (Lipinski definition) is 3. The largest absolute Gasteiger partial charge is 0.392 e. The first-order chi connectivity index (χ1) is 13.2. The average molecular weight is 364 g/mol. The fourth-order valence-electron chi connectivity index (χ4n) is 4.52. The predicted molar refractivity (Wildman–Crippen MR) is 106 cm³/mol. The molecule has 1 N–H and O–H groups in total. The molecule has 1 saturated carbocycles. The van der Waals surface area contributed by atoms with Gasteiger partial charge in [0.25, 0.3) is 0 Å². The van der Waals surface area contributed by atoms with Gasteiger partial charge in [0.15, 0.2) is 0 Å². The summed E-state index contributed by atoms with van der Waals surface area (Å²) in [5.74, 6) is 0.929. The summed E-state index contributed by atoms with van der Waals surface area (Å²) in [6, 6.07) is 14.1. The van der Waals surface area contributed by atoms with E-state index in [1.54, 1.807) is 0 Å². The zero-order valence-corrected chi connectivity index (χ0v) is 15.8. The van der Waals surface area contributed by atoms with Gasteiger partial charge < -0.3 is 10.0 Å². The first kappa shape index (κ1) is 18.2. The van der Waals surface area contributed by atoms with Gasteiger partial charge in [0, 0.05) is 36.2 Å². The molecule has 0 bridgehead atoms. The minimum Gasteiger partial charge on any atom is -0.392 e. The second-order valence-corrected chi connectivity index (χ2v) is 7.91. The summed E-state index contributed by atoms with van der Waals surface area (Å²) in [6.07, 6.45) is 6.66. The van der Waals surface area contributed by atoms with Crippen molar-refractivity contribution in [3.05, 3.63) is 53.7 Å². The number of aliphatic hydroxyl groups excluding tert-OH is 1. The van der Waals surface area contributed by atoms with Crippen LogP contribution in [0.3, 0.4) is 0 Å². The molecule has 2 fully saturated rings. The van der Waals surface area contributed by atoms with Gasteiger partial charge in [-0.25, -0.2) is 0 Å². The molecule has 4 nitrogen and oxygen atoms in total. The van der Waals surface area contributed by atoms with Crippen LogP contribution in [0.1, 0.15) is 55.7 Å². The monoisotopic (exact) mass is 364 g/mol. The number of hydrogen-bond donors (Lipinski definition) is 1. The lowest BCUT2D eigenvalue weighted by Crippen LogP contribution is -2.42. The quantitative estimate of drug-likeness (QED) is 0.887. The number of aliphatic hydroxyl groups is 1. The molecular formula is C23H28N2O2. The summed E-state index contributed by atoms with van der Waals surface area (Å²) in [7, 11) is 0. The molecule has 1 amide bonds. The fourth-order valence-corrected chi connectivity index (χ4v) is 4.52. The van der Waals surface area contributed by atoms with Crippen LogP contribution in [-0.4, -0.2) is 34.0 Å². The van der Waals surface area contributed by atoms with Crippen molar-refractivity contribution in [2.24, 2.45) is 5.92 Å². The van der Waals surface area contributed by atoms with Gasteiger partial charge >= 0.3 is 0 Å². The number of benzene rings is 1. The minimum atomic E-state index is 0.0361. The normalized spacial score (nSPS) is 20.8. The van der Waals surface area contributed by atoms with Crippen LogP contribution in [0, 0.1) is 5.92 Å². The van der Waals surface area contributed by atoms with Crippen molar-refractivity contribution >= 4 is 5.91 Å². The van der Waals surface area contributed by atoms with Gasteiger partial charge in [-0.05, 0) is 49.4 Å². The number of piperidine rings is 1. The van der Waals surface area contributed by atoms with Gasteiger partial charge in [0.1, 0.15) is 0 Å². The molecule has 142 valence electrons. The van der Waals surface area contributed by atoms with Gasteiger partial charge in [-0.3, -0.25) is 9.78 Å². The Morgan fingerprint density at radius 3 is 2.70 bits per heavy atom. The van der Waals surface area contributed by atoms with Crippen LogP contribution in [0.25, 0.3) is 11.3 Å². The highest BCUT2D eigenvalue weighted by molar-refractivity contribution is 5.79. The molecule has 1 aliphatic carbocycles. The molecule has 1 saturated heterocycles. The van der Waals surface area contributed by atoms with Crippen LogP contribution in [0.4, 0.5) is 0 Å². The number of likely N-dealkylation sites (tertiary alicyclic amines) is 1. The smallest absolute Gasteiger partial charge is 0.225 e. The van der Waals surface area contributed by atoms with E-state index in [0.717, 1.165) is 61.3 Å². The minimum absolute atomic E-state index is 0.0361. The van der Waals surface area contributed by atoms with E-state index >= 15 is 0 Å². The summed E-state index contributed by atoms with van der Waals surface area (Å²) < 4.78 is 0. The van der Waals surface area contributed by atoms with Crippen molar-refractivity contribution in [3.63, 3.8) is 0 Å².